The van der Waals surface area contributed by atoms with Gasteiger partial charge < -0.3 is 5.32 Å². The van der Waals surface area contributed by atoms with Crippen molar-refractivity contribution in [2.24, 2.45) is 0 Å². The summed E-state index contributed by atoms with van der Waals surface area (Å²) in [6.45, 7) is 1.46. The van der Waals surface area contributed by atoms with Gasteiger partial charge in [-0.3, -0.25) is 9.69 Å². The standard InChI is InChI=1S/C19H19F3N2O/c20-19(21,22)15-8-4-9-16(12-15)23-18(25)17-10-5-11-24(17)13-14-6-2-1-3-7-14/h1-4,6-9,12,17H,5,10-11,13H2,(H,23,25)/t17-/m1/s1. The number of anilines is 1. The number of nitrogens with zero attached hydrogens (tertiary/aromatic N) is 1. The maximum atomic E-state index is 12.8. The smallest absolute Gasteiger partial charge is 0.325 e. The van der Waals surface area contributed by atoms with Crippen molar-refractivity contribution in [3.8, 4) is 0 Å². The van der Waals surface area contributed by atoms with Crippen LogP contribution in [-0.4, -0.2) is 23.4 Å². The molecule has 2 aromatic rings. The van der Waals surface area contributed by atoms with E-state index in [2.05, 4.69) is 10.2 Å². The van der Waals surface area contributed by atoms with Crippen molar-refractivity contribution in [1.82, 2.24) is 4.90 Å². The maximum absolute atomic E-state index is 12.8. The minimum Gasteiger partial charge on any atom is -0.325 e. The molecule has 3 rings (SSSR count). The molecular weight excluding hydrogens is 329 g/mol. The quantitative estimate of drug-likeness (QED) is 0.893. The lowest BCUT2D eigenvalue weighted by Crippen LogP contribution is -2.39. The molecule has 132 valence electrons. The first-order valence-electron chi connectivity index (χ1n) is 8.19. The summed E-state index contributed by atoms with van der Waals surface area (Å²) in [7, 11) is 0. The van der Waals surface area contributed by atoms with Gasteiger partial charge in [-0.25, -0.2) is 0 Å². The summed E-state index contributed by atoms with van der Waals surface area (Å²) < 4.78 is 38.4. The molecule has 1 aliphatic rings. The highest BCUT2D eigenvalue weighted by Crippen LogP contribution is 2.31. The predicted octanol–water partition coefficient (Wildman–Crippen LogP) is 4.31. The first kappa shape index (κ1) is 17.5. The number of alkyl halides is 3. The van der Waals surface area contributed by atoms with Crippen LogP contribution >= 0.6 is 0 Å². The molecule has 0 unspecified atom stereocenters. The zero-order valence-electron chi connectivity index (χ0n) is 13.6. The molecule has 1 heterocycles. The van der Waals surface area contributed by atoms with Crippen LogP contribution in [-0.2, 0) is 17.5 Å². The van der Waals surface area contributed by atoms with E-state index in [9.17, 15) is 18.0 Å². The Bertz CT molecular complexity index is 731. The molecule has 1 atom stereocenters. The van der Waals surface area contributed by atoms with Gasteiger partial charge in [-0.15, -0.1) is 0 Å². The number of hydrogen-bond donors (Lipinski definition) is 1. The summed E-state index contributed by atoms with van der Waals surface area (Å²) in [6, 6.07) is 14.2. The second kappa shape index (κ2) is 7.27. The first-order chi connectivity index (χ1) is 11.9. The highest BCUT2D eigenvalue weighted by atomic mass is 19.4. The average Bonchev–Trinajstić information content (AvgIpc) is 3.03. The van der Waals surface area contributed by atoms with Crippen LogP contribution in [0.5, 0.6) is 0 Å². The van der Waals surface area contributed by atoms with E-state index in [0.717, 1.165) is 30.7 Å². The fourth-order valence-electron chi connectivity index (χ4n) is 3.13. The van der Waals surface area contributed by atoms with Crippen LogP contribution in [0.1, 0.15) is 24.0 Å². The summed E-state index contributed by atoms with van der Waals surface area (Å²) in [5, 5.41) is 2.63. The number of rotatable bonds is 4. The molecule has 1 saturated heterocycles. The van der Waals surface area contributed by atoms with Gasteiger partial charge >= 0.3 is 6.18 Å². The largest absolute Gasteiger partial charge is 0.416 e. The second-order valence-electron chi connectivity index (χ2n) is 6.18. The molecular formula is C19H19F3N2O. The topological polar surface area (TPSA) is 32.3 Å². The number of benzene rings is 2. The Hall–Kier alpha value is -2.34. The van der Waals surface area contributed by atoms with Crippen molar-refractivity contribution in [2.45, 2.75) is 31.6 Å². The summed E-state index contributed by atoms with van der Waals surface area (Å²) in [5.74, 6) is -0.257. The van der Waals surface area contributed by atoms with Crippen molar-refractivity contribution >= 4 is 11.6 Å². The van der Waals surface area contributed by atoms with Crippen molar-refractivity contribution < 1.29 is 18.0 Å². The van der Waals surface area contributed by atoms with E-state index in [0.29, 0.717) is 13.0 Å². The van der Waals surface area contributed by atoms with Gasteiger partial charge in [0.2, 0.25) is 5.91 Å². The zero-order valence-corrected chi connectivity index (χ0v) is 13.6. The van der Waals surface area contributed by atoms with Gasteiger partial charge in [0.1, 0.15) is 0 Å². The lowest BCUT2D eigenvalue weighted by molar-refractivity contribution is -0.137. The van der Waals surface area contributed by atoms with E-state index in [4.69, 9.17) is 0 Å². The molecule has 1 amide bonds. The van der Waals surface area contributed by atoms with Crippen molar-refractivity contribution in [3.05, 3.63) is 65.7 Å². The van der Waals surface area contributed by atoms with Crippen LogP contribution in [0.4, 0.5) is 18.9 Å². The van der Waals surface area contributed by atoms with Crippen molar-refractivity contribution in [2.75, 3.05) is 11.9 Å². The Morgan fingerprint density at radius 3 is 2.60 bits per heavy atom. The maximum Gasteiger partial charge on any atom is 0.416 e. The monoisotopic (exact) mass is 348 g/mol. The van der Waals surface area contributed by atoms with E-state index < -0.39 is 11.7 Å². The van der Waals surface area contributed by atoms with Gasteiger partial charge in [0.15, 0.2) is 0 Å². The normalized spacial score (nSPS) is 18.3. The van der Waals surface area contributed by atoms with Crippen LogP contribution in [0.25, 0.3) is 0 Å². The van der Waals surface area contributed by atoms with E-state index >= 15 is 0 Å². The molecule has 2 aromatic carbocycles. The molecule has 3 nitrogen and oxygen atoms in total. The Balaban J connectivity index is 1.68. The molecule has 1 N–H and O–H groups in total. The fraction of sp³-hybridized carbons (Fsp3) is 0.316. The molecule has 0 spiro atoms. The molecule has 0 saturated carbocycles. The van der Waals surface area contributed by atoms with Crippen LogP contribution in [0.2, 0.25) is 0 Å². The minimum absolute atomic E-state index is 0.173. The molecule has 0 aliphatic carbocycles. The van der Waals surface area contributed by atoms with E-state index in [1.54, 1.807) is 0 Å². The van der Waals surface area contributed by atoms with Gasteiger partial charge in [-0.05, 0) is 43.1 Å². The minimum atomic E-state index is -4.42. The Labute approximate surface area is 144 Å². The van der Waals surface area contributed by atoms with Gasteiger partial charge in [-0.2, -0.15) is 13.2 Å². The second-order valence-corrected chi connectivity index (χ2v) is 6.18. The zero-order chi connectivity index (χ0) is 17.9. The van der Waals surface area contributed by atoms with Crippen molar-refractivity contribution in [1.29, 1.82) is 0 Å². The Morgan fingerprint density at radius 2 is 1.88 bits per heavy atom. The van der Waals surface area contributed by atoms with Gasteiger partial charge in [0.25, 0.3) is 0 Å². The van der Waals surface area contributed by atoms with Crippen LogP contribution in [0.15, 0.2) is 54.6 Å². The third-order valence-corrected chi connectivity index (χ3v) is 4.35. The van der Waals surface area contributed by atoms with Gasteiger partial charge in [0, 0.05) is 12.2 Å². The van der Waals surface area contributed by atoms with E-state index in [1.165, 1.54) is 12.1 Å². The number of amides is 1. The highest BCUT2D eigenvalue weighted by molar-refractivity contribution is 5.95. The van der Waals surface area contributed by atoms with Crippen LogP contribution in [0, 0.1) is 0 Å². The lowest BCUT2D eigenvalue weighted by Gasteiger charge is -2.24. The lowest BCUT2D eigenvalue weighted by atomic mass is 10.1. The molecule has 25 heavy (non-hydrogen) atoms. The molecule has 1 aliphatic heterocycles. The predicted molar refractivity (Wildman–Crippen MR) is 89.9 cm³/mol. The molecule has 6 heteroatoms. The third-order valence-electron chi connectivity index (χ3n) is 4.35. The fourth-order valence-corrected chi connectivity index (χ4v) is 3.13. The van der Waals surface area contributed by atoms with Crippen molar-refractivity contribution in [3.63, 3.8) is 0 Å². The van der Waals surface area contributed by atoms with E-state index in [1.807, 2.05) is 30.3 Å². The molecule has 1 fully saturated rings. The SMILES string of the molecule is O=C(Nc1cccc(C(F)(F)F)c1)[C@H]1CCCN1Cc1ccccc1. The molecule has 0 radical (unpaired) electrons. The first-order valence-corrected chi connectivity index (χ1v) is 8.19. The number of hydrogen-bond acceptors (Lipinski definition) is 2. The number of nitrogens with one attached hydrogen (secondary N) is 1. The van der Waals surface area contributed by atoms with E-state index in [-0.39, 0.29) is 17.6 Å². The number of halogens is 3. The number of carbonyl (C=O) groups excluding carboxylic acids is 1. The summed E-state index contributed by atoms with van der Waals surface area (Å²) in [5.41, 5.74) is 0.519. The summed E-state index contributed by atoms with van der Waals surface area (Å²) >= 11 is 0. The molecule has 0 aromatic heterocycles. The number of likely N-dealkylation sites (tertiary alicyclic amines) is 1. The summed E-state index contributed by atoms with van der Waals surface area (Å²) in [4.78, 5) is 14.6. The van der Waals surface area contributed by atoms with Gasteiger partial charge in [-0.1, -0.05) is 36.4 Å². The number of carbonyl (C=O) groups is 1. The van der Waals surface area contributed by atoms with Crippen LogP contribution in [0.3, 0.4) is 0 Å². The average molecular weight is 348 g/mol. The van der Waals surface area contributed by atoms with Gasteiger partial charge in [0.05, 0.1) is 11.6 Å². The third kappa shape index (κ3) is 4.39. The van der Waals surface area contributed by atoms with Crippen LogP contribution < -0.4 is 5.32 Å². The Morgan fingerprint density at radius 1 is 1.12 bits per heavy atom. The molecule has 0 bridgehead atoms. The summed E-state index contributed by atoms with van der Waals surface area (Å²) in [6.07, 6.45) is -2.82. The Kier molecular flexibility index (Phi) is 5.08. The highest BCUT2D eigenvalue weighted by Gasteiger charge is 2.32.